The topological polar surface area (TPSA) is 41.6 Å². The van der Waals surface area contributed by atoms with Crippen molar-refractivity contribution in [1.82, 2.24) is 5.32 Å². The van der Waals surface area contributed by atoms with Crippen LogP contribution in [0.1, 0.15) is 12.8 Å². The molecule has 0 bridgehead atoms. The zero-order valence-electron chi connectivity index (χ0n) is 10.8. The minimum Gasteiger partial charge on any atom is -0.377 e. The number of carbonyl (C=O) groups is 1. The summed E-state index contributed by atoms with van der Waals surface area (Å²) in [4.78, 5) is 13.6. The van der Waals surface area contributed by atoms with E-state index in [0.717, 1.165) is 31.7 Å². The van der Waals surface area contributed by atoms with Crippen molar-refractivity contribution in [1.29, 1.82) is 0 Å². The summed E-state index contributed by atoms with van der Waals surface area (Å²) in [5.41, 5.74) is 0.918. The molecule has 0 saturated carbocycles. The Bertz CT molecular complexity index is 375. The Labute approximate surface area is 108 Å². The minimum atomic E-state index is 0.0687. The third-order valence-corrected chi connectivity index (χ3v) is 3.19. The molecule has 0 aromatic heterocycles. The number of para-hydroxylation sites is 1. The highest BCUT2D eigenvalue weighted by molar-refractivity contribution is 5.94. The third-order valence-electron chi connectivity index (χ3n) is 3.19. The average Bonchev–Trinajstić information content (AvgIpc) is 2.92. The molecule has 18 heavy (non-hydrogen) atoms. The minimum absolute atomic E-state index is 0.0687. The number of hydrogen-bond donors (Lipinski definition) is 1. The zero-order valence-corrected chi connectivity index (χ0v) is 10.8. The van der Waals surface area contributed by atoms with Crippen LogP contribution >= 0.6 is 0 Å². The lowest BCUT2D eigenvalue weighted by Crippen LogP contribution is -2.38. The Balaban J connectivity index is 1.74. The predicted molar refractivity (Wildman–Crippen MR) is 71.7 cm³/mol. The molecule has 0 spiro atoms. The van der Waals surface area contributed by atoms with Gasteiger partial charge in [0.05, 0.1) is 12.6 Å². The first-order chi connectivity index (χ1) is 8.77. The van der Waals surface area contributed by atoms with E-state index in [4.69, 9.17) is 4.74 Å². The number of rotatable bonds is 5. The van der Waals surface area contributed by atoms with Crippen molar-refractivity contribution < 1.29 is 9.53 Å². The summed E-state index contributed by atoms with van der Waals surface area (Å²) in [6.45, 7) is 1.96. The maximum Gasteiger partial charge on any atom is 0.240 e. The number of anilines is 1. The molecular weight excluding hydrogens is 228 g/mol. The van der Waals surface area contributed by atoms with E-state index in [1.54, 1.807) is 11.9 Å². The summed E-state index contributed by atoms with van der Waals surface area (Å²) in [6, 6.07) is 9.66. The molecule has 1 saturated heterocycles. The largest absolute Gasteiger partial charge is 0.377 e. The number of nitrogens with zero attached hydrogens (tertiary/aromatic N) is 1. The van der Waals surface area contributed by atoms with Crippen LogP contribution in [-0.4, -0.2) is 38.8 Å². The lowest BCUT2D eigenvalue weighted by molar-refractivity contribution is -0.117. The maximum absolute atomic E-state index is 11.9. The van der Waals surface area contributed by atoms with Gasteiger partial charge >= 0.3 is 0 Å². The van der Waals surface area contributed by atoms with Crippen molar-refractivity contribution in [2.45, 2.75) is 18.9 Å². The van der Waals surface area contributed by atoms with Crippen LogP contribution in [0.2, 0.25) is 0 Å². The van der Waals surface area contributed by atoms with E-state index < -0.39 is 0 Å². The van der Waals surface area contributed by atoms with Gasteiger partial charge in [-0.3, -0.25) is 4.79 Å². The zero-order chi connectivity index (χ0) is 12.8. The van der Waals surface area contributed by atoms with Crippen molar-refractivity contribution >= 4 is 11.6 Å². The highest BCUT2D eigenvalue weighted by atomic mass is 16.5. The van der Waals surface area contributed by atoms with Gasteiger partial charge in [0, 0.05) is 25.9 Å². The fourth-order valence-corrected chi connectivity index (χ4v) is 2.06. The second-order valence-corrected chi connectivity index (χ2v) is 4.55. The van der Waals surface area contributed by atoms with E-state index in [0.29, 0.717) is 6.54 Å². The molecule has 1 heterocycles. The maximum atomic E-state index is 11.9. The number of ether oxygens (including phenoxy) is 1. The van der Waals surface area contributed by atoms with E-state index >= 15 is 0 Å². The summed E-state index contributed by atoms with van der Waals surface area (Å²) in [6.07, 6.45) is 2.50. The normalized spacial score (nSPS) is 18.8. The molecule has 1 aliphatic rings. The first-order valence-corrected chi connectivity index (χ1v) is 6.41. The highest BCUT2D eigenvalue weighted by Crippen LogP contribution is 2.12. The summed E-state index contributed by atoms with van der Waals surface area (Å²) in [5.74, 6) is 0.0687. The molecule has 1 fully saturated rings. The lowest BCUT2D eigenvalue weighted by atomic mass is 10.2. The fourth-order valence-electron chi connectivity index (χ4n) is 2.06. The molecule has 1 atom stereocenters. The first kappa shape index (κ1) is 13.1. The van der Waals surface area contributed by atoms with Gasteiger partial charge in [0.1, 0.15) is 0 Å². The predicted octanol–water partition coefficient (Wildman–Crippen LogP) is 1.42. The van der Waals surface area contributed by atoms with E-state index in [-0.39, 0.29) is 12.0 Å². The van der Waals surface area contributed by atoms with Gasteiger partial charge in [-0.1, -0.05) is 18.2 Å². The summed E-state index contributed by atoms with van der Waals surface area (Å²) in [5, 5.41) is 3.16. The summed E-state index contributed by atoms with van der Waals surface area (Å²) < 4.78 is 5.49. The summed E-state index contributed by atoms with van der Waals surface area (Å²) >= 11 is 0. The molecule has 4 nitrogen and oxygen atoms in total. The number of nitrogens with one attached hydrogen (secondary N) is 1. The van der Waals surface area contributed by atoms with Crippen molar-refractivity contribution in [2.24, 2.45) is 0 Å². The summed E-state index contributed by atoms with van der Waals surface area (Å²) in [7, 11) is 1.80. The molecule has 1 unspecified atom stereocenters. The van der Waals surface area contributed by atoms with Gasteiger partial charge in [0.25, 0.3) is 0 Å². The molecular formula is C14H20N2O2. The van der Waals surface area contributed by atoms with E-state index in [2.05, 4.69) is 5.32 Å². The van der Waals surface area contributed by atoms with E-state index in [1.807, 2.05) is 30.3 Å². The number of benzene rings is 1. The monoisotopic (exact) mass is 248 g/mol. The van der Waals surface area contributed by atoms with Crippen LogP contribution in [0.15, 0.2) is 30.3 Å². The third kappa shape index (κ3) is 3.55. The molecule has 2 rings (SSSR count). The van der Waals surface area contributed by atoms with Gasteiger partial charge in [-0.05, 0) is 25.0 Å². The van der Waals surface area contributed by atoms with Crippen molar-refractivity contribution in [3.63, 3.8) is 0 Å². The fraction of sp³-hybridized carbons (Fsp3) is 0.500. The Morgan fingerprint density at radius 3 is 2.89 bits per heavy atom. The van der Waals surface area contributed by atoms with Crippen LogP contribution in [0, 0.1) is 0 Å². The standard InChI is InChI=1S/C14H20N2O2/c1-16(12-6-3-2-4-7-12)14(17)11-15-10-13-8-5-9-18-13/h2-4,6-7,13,15H,5,8-11H2,1H3. The molecule has 1 aromatic rings. The molecule has 4 heteroatoms. The second-order valence-electron chi connectivity index (χ2n) is 4.55. The van der Waals surface area contributed by atoms with Gasteiger partial charge in [-0.2, -0.15) is 0 Å². The highest BCUT2D eigenvalue weighted by Gasteiger charge is 2.16. The van der Waals surface area contributed by atoms with Crippen LogP contribution in [0.3, 0.4) is 0 Å². The van der Waals surface area contributed by atoms with Crippen LogP contribution < -0.4 is 10.2 Å². The molecule has 0 aliphatic carbocycles. The van der Waals surface area contributed by atoms with E-state index in [1.165, 1.54) is 0 Å². The smallest absolute Gasteiger partial charge is 0.240 e. The number of likely N-dealkylation sites (N-methyl/N-ethyl adjacent to an activating group) is 1. The number of hydrogen-bond acceptors (Lipinski definition) is 3. The van der Waals surface area contributed by atoms with Crippen molar-refractivity contribution in [2.75, 3.05) is 31.6 Å². The molecule has 98 valence electrons. The number of carbonyl (C=O) groups excluding carboxylic acids is 1. The first-order valence-electron chi connectivity index (χ1n) is 6.41. The second kappa shape index (κ2) is 6.52. The Morgan fingerprint density at radius 1 is 1.44 bits per heavy atom. The lowest BCUT2D eigenvalue weighted by Gasteiger charge is -2.18. The molecule has 1 N–H and O–H groups in total. The van der Waals surface area contributed by atoms with Gasteiger partial charge in [0.15, 0.2) is 0 Å². The van der Waals surface area contributed by atoms with Gasteiger partial charge in [-0.15, -0.1) is 0 Å². The van der Waals surface area contributed by atoms with Gasteiger partial charge < -0.3 is 15.0 Å². The quantitative estimate of drug-likeness (QED) is 0.857. The van der Waals surface area contributed by atoms with Crippen molar-refractivity contribution in [3.8, 4) is 0 Å². The molecule has 0 radical (unpaired) electrons. The molecule has 1 aromatic carbocycles. The number of amides is 1. The van der Waals surface area contributed by atoms with Crippen LogP contribution in [0.4, 0.5) is 5.69 Å². The van der Waals surface area contributed by atoms with Gasteiger partial charge in [0.2, 0.25) is 5.91 Å². The van der Waals surface area contributed by atoms with Crippen LogP contribution in [0.25, 0.3) is 0 Å². The average molecular weight is 248 g/mol. The van der Waals surface area contributed by atoms with E-state index in [9.17, 15) is 4.79 Å². The van der Waals surface area contributed by atoms with Crippen molar-refractivity contribution in [3.05, 3.63) is 30.3 Å². The molecule has 1 amide bonds. The van der Waals surface area contributed by atoms with Gasteiger partial charge in [-0.25, -0.2) is 0 Å². The van der Waals surface area contributed by atoms with Crippen LogP contribution in [-0.2, 0) is 9.53 Å². The Morgan fingerprint density at radius 2 is 2.22 bits per heavy atom. The van der Waals surface area contributed by atoms with Crippen LogP contribution in [0.5, 0.6) is 0 Å². The molecule has 1 aliphatic heterocycles. The Hall–Kier alpha value is -1.39. The SMILES string of the molecule is CN(C(=O)CNCC1CCCO1)c1ccccc1. The Kier molecular flexibility index (Phi) is 4.73.